The lowest BCUT2D eigenvalue weighted by Crippen LogP contribution is -2.09. The van der Waals surface area contributed by atoms with Gasteiger partial charge < -0.3 is 4.90 Å². The summed E-state index contributed by atoms with van der Waals surface area (Å²) in [4.78, 5) is 2.27. The molecule has 0 spiro atoms. The molecular weight excluding hydrogens is 603 g/mol. The average Bonchev–Trinajstić information content (AvgIpc) is 3.54. The van der Waals surface area contributed by atoms with Crippen LogP contribution in [0.25, 0.3) is 53.6 Å². The van der Waals surface area contributed by atoms with Crippen LogP contribution in [0.5, 0.6) is 0 Å². The van der Waals surface area contributed by atoms with Crippen LogP contribution in [0.15, 0.2) is 164 Å². The van der Waals surface area contributed by atoms with Crippen molar-refractivity contribution in [1.29, 1.82) is 10.5 Å². The summed E-state index contributed by atoms with van der Waals surface area (Å²) < 4.78 is 2.61. The van der Waals surface area contributed by atoms with E-state index in [4.69, 9.17) is 0 Å². The lowest BCUT2D eigenvalue weighted by atomic mass is 10.0. The summed E-state index contributed by atoms with van der Waals surface area (Å²) in [7, 11) is 0. The normalized spacial score (nSPS) is 10.9. The molecule has 7 aromatic carbocycles. The molecule has 0 saturated carbocycles. The van der Waals surface area contributed by atoms with Crippen molar-refractivity contribution < 1.29 is 0 Å². The Morgan fingerprint density at radius 2 is 0.750 bits per heavy atom. The third kappa shape index (κ3) is 5.48. The maximum absolute atomic E-state index is 9.20. The van der Waals surface area contributed by atoms with Crippen LogP contribution < -0.4 is 4.90 Å². The van der Waals surface area contributed by atoms with Gasteiger partial charge in [0.2, 0.25) is 0 Å². The maximum Gasteiger partial charge on any atom is 0.0991 e. The molecule has 224 valence electrons. The molecule has 0 amide bonds. The van der Waals surface area contributed by atoms with Crippen molar-refractivity contribution in [2.75, 3.05) is 4.90 Å². The quantitative estimate of drug-likeness (QED) is 0.184. The lowest BCUT2D eigenvalue weighted by Gasteiger charge is -2.26. The van der Waals surface area contributed by atoms with Crippen molar-refractivity contribution in [3.05, 3.63) is 175 Å². The standard InChI is InChI=1S/C44H27N3S/c45-28-30-5-9-32(10-6-30)34-13-20-38(21-14-34)47(39-22-15-35(16-23-39)33-11-7-31(29-46)8-12-33)40-24-17-36(18-25-40)37-19-26-44-42(27-37)41-3-1-2-4-43(41)48-44/h1-27H. The van der Waals surface area contributed by atoms with Crippen molar-refractivity contribution >= 4 is 48.6 Å². The van der Waals surface area contributed by atoms with Gasteiger partial charge in [-0.25, -0.2) is 0 Å². The van der Waals surface area contributed by atoms with Crippen molar-refractivity contribution in [2.24, 2.45) is 0 Å². The van der Waals surface area contributed by atoms with Gasteiger partial charge in [0.1, 0.15) is 0 Å². The van der Waals surface area contributed by atoms with E-state index in [2.05, 4.69) is 132 Å². The summed E-state index contributed by atoms with van der Waals surface area (Å²) in [5, 5.41) is 21.0. The Kier molecular flexibility index (Phi) is 7.48. The molecule has 0 atom stereocenters. The lowest BCUT2D eigenvalue weighted by molar-refractivity contribution is 1.28. The summed E-state index contributed by atoms with van der Waals surface area (Å²) in [5.41, 5.74) is 11.1. The molecule has 3 nitrogen and oxygen atoms in total. The SMILES string of the molecule is N#Cc1ccc(-c2ccc(N(c3ccc(-c4ccc(C#N)cc4)cc3)c3ccc(-c4ccc5sc6ccccc6c5c4)cc3)cc2)cc1. The van der Waals surface area contributed by atoms with Gasteiger partial charge in [-0.1, -0.05) is 84.9 Å². The highest BCUT2D eigenvalue weighted by Crippen LogP contribution is 2.39. The molecule has 0 aliphatic heterocycles. The molecule has 0 saturated heterocycles. The van der Waals surface area contributed by atoms with Crippen molar-refractivity contribution in [3.63, 3.8) is 0 Å². The zero-order valence-corrected chi connectivity index (χ0v) is 26.7. The Bertz CT molecular complexity index is 2380. The van der Waals surface area contributed by atoms with E-state index in [0.29, 0.717) is 11.1 Å². The van der Waals surface area contributed by atoms with Crippen LogP contribution in [0.2, 0.25) is 0 Å². The van der Waals surface area contributed by atoms with Crippen LogP contribution in [0.3, 0.4) is 0 Å². The summed E-state index contributed by atoms with van der Waals surface area (Å²) in [5.74, 6) is 0. The highest BCUT2D eigenvalue weighted by Gasteiger charge is 2.14. The average molecular weight is 630 g/mol. The molecule has 0 aliphatic rings. The van der Waals surface area contributed by atoms with Crippen LogP contribution >= 0.6 is 11.3 Å². The fraction of sp³-hybridized carbons (Fsp3) is 0. The summed E-state index contributed by atoms with van der Waals surface area (Å²) in [6, 6.07) is 61.0. The Balaban J connectivity index is 1.16. The Labute approximate surface area is 283 Å². The van der Waals surface area contributed by atoms with E-state index < -0.39 is 0 Å². The number of nitriles is 2. The first-order chi connectivity index (χ1) is 23.7. The minimum atomic E-state index is 0.651. The highest BCUT2D eigenvalue weighted by molar-refractivity contribution is 7.25. The number of hydrogen-bond donors (Lipinski definition) is 0. The molecule has 4 heteroatoms. The Morgan fingerprint density at radius 1 is 0.375 bits per heavy atom. The molecule has 1 aromatic heterocycles. The molecule has 0 fully saturated rings. The fourth-order valence-electron chi connectivity index (χ4n) is 6.24. The molecule has 8 aromatic rings. The van der Waals surface area contributed by atoms with Crippen LogP contribution in [0, 0.1) is 22.7 Å². The van der Waals surface area contributed by atoms with Gasteiger partial charge in [0, 0.05) is 37.2 Å². The second-order valence-electron chi connectivity index (χ2n) is 11.7. The second-order valence-corrected chi connectivity index (χ2v) is 12.7. The van der Waals surface area contributed by atoms with E-state index in [1.807, 2.05) is 59.9 Å². The van der Waals surface area contributed by atoms with Crippen LogP contribution in [0.4, 0.5) is 17.1 Å². The van der Waals surface area contributed by atoms with Gasteiger partial charge in [0.05, 0.1) is 23.3 Å². The van der Waals surface area contributed by atoms with Crippen molar-refractivity contribution in [2.45, 2.75) is 0 Å². The van der Waals surface area contributed by atoms with E-state index in [1.165, 1.54) is 31.3 Å². The van der Waals surface area contributed by atoms with Crippen molar-refractivity contribution in [3.8, 4) is 45.5 Å². The number of anilines is 3. The van der Waals surface area contributed by atoms with Crippen molar-refractivity contribution in [1.82, 2.24) is 0 Å². The van der Waals surface area contributed by atoms with Gasteiger partial charge >= 0.3 is 0 Å². The van der Waals surface area contributed by atoms with Crippen LogP contribution in [-0.2, 0) is 0 Å². The Hall–Kier alpha value is -6.46. The number of fused-ring (bicyclic) bond motifs is 3. The number of nitrogens with zero attached hydrogens (tertiary/aromatic N) is 3. The predicted molar refractivity (Wildman–Crippen MR) is 200 cm³/mol. The largest absolute Gasteiger partial charge is 0.311 e. The summed E-state index contributed by atoms with van der Waals surface area (Å²) in [6.07, 6.45) is 0. The smallest absolute Gasteiger partial charge is 0.0991 e. The number of rotatable bonds is 6. The molecule has 0 bridgehead atoms. The number of thiophene rings is 1. The zero-order valence-electron chi connectivity index (χ0n) is 25.8. The van der Waals surface area contributed by atoms with Gasteiger partial charge in [-0.3, -0.25) is 0 Å². The first kappa shape index (κ1) is 29.0. The minimum Gasteiger partial charge on any atom is -0.311 e. The molecule has 8 rings (SSSR count). The predicted octanol–water partition coefficient (Wildman–Crippen LogP) is 12.3. The molecule has 0 N–H and O–H groups in total. The molecule has 48 heavy (non-hydrogen) atoms. The molecule has 0 unspecified atom stereocenters. The van der Waals surface area contributed by atoms with Gasteiger partial charge in [0.25, 0.3) is 0 Å². The monoisotopic (exact) mass is 629 g/mol. The third-order valence-electron chi connectivity index (χ3n) is 8.78. The molecular formula is C44H27N3S. The van der Waals surface area contributed by atoms with E-state index in [-0.39, 0.29) is 0 Å². The van der Waals surface area contributed by atoms with Gasteiger partial charge in [-0.2, -0.15) is 10.5 Å². The van der Waals surface area contributed by atoms with Gasteiger partial charge in [-0.15, -0.1) is 11.3 Å². The molecule has 0 aliphatic carbocycles. The number of hydrogen-bond acceptors (Lipinski definition) is 4. The van der Waals surface area contributed by atoms with E-state index in [1.54, 1.807) is 0 Å². The number of benzene rings is 7. The summed E-state index contributed by atoms with van der Waals surface area (Å²) >= 11 is 1.84. The molecule has 0 radical (unpaired) electrons. The molecule has 1 heterocycles. The Morgan fingerprint density at radius 3 is 1.21 bits per heavy atom. The minimum absolute atomic E-state index is 0.651. The maximum atomic E-state index is 9.20. The van der Waals surface area contributed by atoms with E-state index >= 15 is 0 Å². The van der Waals surface area contributed by atoms with E-state index in [9.17, 15) is 10.5 Å². The zero-order chi connectivity index (χ0) is 32.5. The first-order valence-electron chi connectivity index (χ1n) is 15.7. The van der Waals surface area contributed by atoms with Gasteiger partial charge in [0.15, 0.2) is 0 Å². The summed E-state index contributed by atoms with van der Waals surface area (Å²) in [6.45, 7) is 0. The van der Waals surface area contributed by atoms with Crippen LogP contribution in [0.1, 0.15) is 11.1 Å². The second kappa shape index (κ2) is 12.4. The first-order valence-corrected chi connectivity index (χ1v) is 16.5. The van der Waals surface area contributed by atoms with E-state index in [0.717, 1.165) is 39.3 Å². The van der Waals surface area contributed by atoms with Crippen LogP contribution in [-0.4, -0.2) is 0 Å². The third-order valence-corrected chi connectivity index (χ3v) is 9.93. The fourth-order valence-corrected chi connectivity index (χ4v) is 7.32. The highest BCUT2D eigenvalue weighted by atomic mass is 32.1. The van der Waals surface area contributed by atoms with Gasteiger partial charge in [-0.05, 0) is 112 Å². The topological polar surface area (TPSA) is 50.8 Å².